The topological polar surface area (TPSA) is 81.8 Å². The number of likely N-dealkylation sites (tertiary alicyclic amines) is 2. The lowest BCUT2D eigenvalue weighted by molar-refractivity contribution is -0.149. The number of rotatable bonds is 6. The van der Waals surface area contributed by atoms with E-state index in [4.69, 9.17) is 0 Å². The Kier molecular flexibility index (Phi) is 6.21. The SMILES string of the molecule is O=C(Cn1nc(C(F)F)cc1C(F)F)N1CC[C@]23CCN(CC4CC4)[C@H](Cc4ccc(O)cc42)[C@]3(O)CC1. The first-order valence-corrected chi connectivity index (χ1v) is 13.3. The van der Waals surface area contributed by atoms with Gasteiger partial charge in [0.15, 0.2) is 0 Å². The number of carbonyl (C=O) groups excluding carboxylic acids is 1. The first-order valence-electron chi connectivity index (χ1n) is 13.3. The van der Waals surface area contributed by atoms with E-state index in [0.717, 1.165) is 24.2 Å². The van der Waals surface area contributed by atoms with Crippen LogP contribution in [0, 0.1) is 5.92 Å². The number of phenolic OH excluding ortho intramolecular Hbond substituents is 1. The molecule has 4 aliphatic rings. The third-order valence-corrected chi connectivity index (χ3v) is 9.34. The fourth-order valence-corrected chi connectivity index (χ4v) is 7.20. The number of hydrogen-bond donors (Lipinski definition) is 2. The summed E-state index contributed by atoms with van der Waals surface area (Å²) in [7, 11) is 0. The number of hydrogen-bond acceptors (Lipinski definition) is 5. The van der Waals surface area contributed by atoms with Gasteiger partial charge in [-0.15, -0.1) is 0 Å². The van der Waals surface area contributed by atoms with Crippen molar-refractivity contribution in [2.24, 2.45) is 5.92 Å². The van der Waals surface area contributed by atoms with Crippen LogP contribution in [-0.4, -0.2) is 73.5 Å². The minimum Gasteiger partial charge on any atom is -0.508 e. The van der Waals surface area contributed by atoms with Crippen molar-refractivity contribution in [3.63, 3.8) is 0 Å². The molecule has 2 aliphatic carbocycles. The smallest absolute Gasteiger partial charge is 0.282 e. The summed E-state index contributed by atoms with van der Waals surface area (Å²) in [6.45, 7) is 1.66. The summed E-state index contributed by atoms with van der Waals surface area (Å²) >= 11 is 0. The summed E-state index contributed by atoms with van der Waals surface area (Å²) in [6.07, 6.45) is -1.61. The highest BCUT2D eigenvalue weighted by Gasteiger charge is 2.63. The van der Waals surface area contributed by atoms with E-state index in [1.54, 1.807) is 12.1 Å². The average Bonchev–Trinajstić information content (AvgIpc) is 3.61. The molecule has 2 bridgehead atoms. The maximum Gasteiger partial charge on any atom is 0.282 e. The summed E-state index contributed by atoms with van der Waals surface area (Å²) in [5, 5.41) is 26.4. The Bertz CT molecular complexity index is 1230. The Morgan fingerprint density at radius 1 is 1.05 bits per heavy atom. The molecule has 206 valence electrons. The van der Waals surface area contributed by atoms with E-state index in [-0.39, 0.29) is 24.9 Å². The number of fused-ring (bicyclic) bond motifs is 1. The molecule has 1 aromatic carbocycles. The molecule has 11 heteroatoms. The third-order valence-electron chi connectivity index (χ3n) is 9.34. The predicted molar refractivity (Wildman–Crippen MR) is 129 cm³/mol. The van der Waals surface area contributed by atoms with Crippen LogP contribution in [0.4, 0.5) is 17.6 Å². The first-order chi connectivity index (χ1) is 18.1. The van der Waals surface area contributed by atoms with Crippen LogP contribution in [0.2, 0.25) is 0 Å². The molecule has 0 radical (unpaired) electrons. The Morgan fingerprint density at radius 3 is 2.50 bits per heavy atom. The number of alkyl halides is 4. The zero-order valence-electron chi connectivity index (χ0n) is 21.0. The molecule has 3 atom stereocenters. The molecule has 2 aromatic rings. The van der Waals surface area contributed by atoms with Gasteiger partial charge in [0.1, 0.15) is 23.7 Å². The fraction of sp³-hybridized carbons (Fsp3) is 0.630. The number of halogens is 4. The van der Waals surface area contributed by atoms with Gasteiger partial charge in [-0.1, -0.05) is 6.07 Å². The molecule has 6 rings (SSSR count). The van der Waals surface area contributed by atoms with Crippen LogP contribution in [0.5, 0.6) is 5.75 Å². The van der Waals surface area contributed by atoms with Crippen molar-refractivity contribution in [3.8, 4) is 5.75 Å². The number of nitrogens with zero attached hydrogens (tertiary/aromatic N) is 4. The van der Waals surface area contributed by atoms with Crippen LogP contribution in [-0.2, 0) is 23.2 Å². The number of aliphatic hydroxyl groups is 1. The quantitative estimate of drug-likeness (QED) is 0.549. The molecule has 2 N–H and O–H groups in total. The summed E-state index contributed by atoms with van der Waals surface area (Å²) in [5.74, 6) is 0.270. The number of phenols is 1. The predicted octanol–water partition coefficient (Wildman–Crippen LogP) is 3.80. The van der Waals surface area contributed by atoms with Gasteiger partial charge in [-0.3, -0.25) is 14.4 Å². The second-order valence-electron chi connectivity index (χ2n) is 11.4. The highest BCUT2D eigenvalue weighted by molar-refractivity contribution is 5.76. The molecule has 7 nitrogen and oxygen atoms in total. The minimum atomic E-state index is -3.05. The van der Waals surface area contributed by atoms with Crippen molar-refractivity contribution >= 4 is 5.91 Å². The van der Waals surface area contributed by atoms with Crippen molar-refractivity contribution in [3.05, 3.63) is 46.8 Å². The highest BCUT2D eigenvalue weighted by atomic mass is 19.3. The summed E-state index contributed by atoms with van der Waals surface area (Å²) in [5.41, 5.74) is -1.30. The Hall–Kier alpha value is -2.66. The molecule has 1 amide bonds. The van der Waals surface area contributed by atoms with E-state index >= 15 is 0 Å². The molecule has 1 aromatic heterocycles. The molecule has 38 heavy (non-hydrogen) atoms. The molecular formula is C27H32F4N4O3. The number of piperidine rings is 1. The molecule has 2 aliphatic heterocycles. The van der Waals surface area contributed by atoms with Crippen molar-refractivity contribution in [1.29, 1.82) is 0 Å². The van der Waals surface area contributed by atoms with Gasteiger partial charge in [-0.25, -0.2) is 17.6 Å². The number of carbonyl (C=O) groups is 1. The molecule has 0 spiro atoms. The fourth-order valence-electron chi connectivity index (χ4n) is 7.20. The van der Waals surface area contributed by atoms with Gasteiger partial charge in [-0.2, -0.15) is 5.10 Å². The van der Waals surface area contributed by atoms with Gasteiger partial charge in [-0.05, 0) is 80.3 Å². The number of amides is 1. The largest absolute Gasteiger partial charge is 0.508 e. The van der Waals surface area contributed by atoms with Crippen LogP contribution in [0.25, 0.3) is 0 Å². The lowest BCUT2D eigenvalue weighted by Crippen LogP contribution is -2.71. The number of aromatic hydroxyl groups is 1. The van der Waals surface area contributed by atoms with Crippen LogP contribution >= 0.6 is 0 Å². The van der Waals surface area contributed by atoms with Gasteiger partial charge in [0, 0.05) is 31.1 Å². The van der Waals surface area contributed by atoms with Crippen molar-refractivity contribution in [2.45, 2.75) is 75.0 Å². The Balaban J connectivity index is 1.30. The minimum absolute atomic E-state index is 0.129. The van der Waals surface area contributed by atoms with E-state index in [2.05, 4.69) is 10.00 Å². The first kappa shape index (κ1) is 25.6. The van der Waals surface area contributed by atoms with Crippen molar-refractivity contribution in [1.82, 2.24) is 19.6 Å². The lowest BCUT2D eigenvalue weighted by atomic mass is 9.52. The zero-order valence-corrected chi connectivity index (χ0v) is 21.0. The second kappa shape index (κ2) is 9.22. The van der Waals surface area contributed by atoms with Crippen molar-refractivity contribution < 1.29 is 32.6 Å². The van der Waals surface area contributed by atoms with Crippen LogP contribution in [0.3, 0.4) is 0 Å². The van der Waals surface area contributed by atoms with Crippen LogP contribution < -0.4 is 0 Å². The van der Waals surface area contributed by atoms with E-state index in [9.17, 15) is 32.6 Å². The molecule has 2 saturated heterocycles. The average molecular weight is 537 g/mol. The van der Waals surface area contributed by atoms with Gasteiger partial charge < -0.3 is 15.1 Å². The number of benzene rings is 1. The second-order valence-corrected chi connectivity index (χ2v) is 11.4. The van der Waals surface area contributed by atoms with Gasteiger partial charge >= 0.3 is 0 Å². The molecule has 1 saturated carbocycles. The summed E-state index contributed by atoms with van der Waals surface area (Å²) in [4.78, 5) is 17.2. The monoisotopic (exact) mass is 536 g/mol. The lowest BCUT2D eigenvalue weighted by Gasteiger charge is -2.61. The van der Waals surface area contributed by atoms with E-state index in [1.807, 2.05) is 6.07 Å². The van der Waals surface area contributed by atoms with Crippen molar-refractivity contribution in [2.75, 3.05) is 26.2 Å². The maximum absolute atomic E-state index is 13.5. The summed E-state index contributed by atoms with van der Waals surface area (Å²) < 4.78 is 53.8. The number of aromatic nitrogens is 2. The van der Waals surface area contributed by atoms with Gasteiger partial charge in [0.25, 0.3) is 12.9 Å². The standard InChI is InChI=1S/C27H32F4N4O3/c28-24(29)20-13-21(25(30)31)35(32-20)15-23(37)33-8-5-26-6-9-34(14-16-1-2-16)22(27(26,38)7-10-33)11-17-3-4-18(36)12-19(17)26/h3-4,12-13,16,22,24-25,36,38H,1-2,5-11,14-15H2/t22-,26+,27-/m1/s1. The van der Waals surface area contributed by atoms with Crippen LogP contribution in [0.1, 0.15) is 67.5 Å². The third kappa shape index (κ3) is 4.09. The van der Waals surface area contributed by atoms with E-state index in [0.29, 0.717) is 42.3 Å². The highest BCUT2D eigenvalue weighted by Crippen LogP contribution is 2.56. The summed E-state index contributed by atoms with van der Waals surface area (Å²) in [6, 6.07) is 5.86. The molecular weight excluding hydrogens is 504 g/mol. The van der Waals surface area contributed by atoms with E-state index in [1.165, 1.54) is 17.7 Å². The maximum atomic E-state index is 13.5. The molecule has 3 heterocycles. The van der Waals surface area contributed by atoms with Crippen LogP contribution in [0.15, 0.2) is 24.3 Å². The molecule has 0 unspecified atom stereocenters. The molecule has 3 fully saturated rings. The van der Waals surface area contributed by atoms with E-state index < -0.39 is 47.7 Å². The zero-order chi connectivity index (χ0) is 26.8. The van der Waals surface area contributed by atoms with Gasteiger partial charge in [0.05, 0.1) is 5.60 Å². The normalized spacial score (nSPS) is 29.3. The Morgan fingerprint density at radius 2 is 1.79 bits per heavy atom. The van der Waals surface area contributed by atoms with Gasteiger partial charge in [0.2, 0.25) is 5.91 Å². The Labute approximate surface area is 218 Å².